The number of rotatable bonds is 5. The fraction of sp³-hybridized carbons (Fsp3) is 0.105. The molecule has 1 heterocycles. The van der Waals surface area contributed by atoms with Gasteiger partial charge in [-0.05, 0) is 60.2 Å². The van der Waals surface area contributed by atoms with Crippen LogP contribution in [0.15, 0.2) is 58.4 Å². The second-order valence-electron chi connectivity index (χ2n) is 5.64. The third-order valence-electron chi connectivity index (χ3n) is 3.44. The van der Waals surface area contributed by atoms with Crippen molar-refractivity contribution in [3.8, 4) is 5.75 Å². The van der Waals surface area contributed by atoms with Gasteiger partial charge in [-0.15, -0.1) is 0 Å². The Hall–Kier alpha value is -3.06. The number of aryl methyl sites for hydroxylation is 1. The van der Waals surface area contributed by atoms with Crippen molar-refractivity contribution in [2.75, 3.05) is 6.61 Å². The van der Waals surface area contributed by atoms with E-state index in [4.69, 9.17) is 10.5 Å². The van der Waals surface area contributed by atoms with Crippen LogP contribution < -0.4 is 15.8 Å². The Morgan fingerprint density at radius 1 is 1.27 bits per heavy atom. The molecule has 2 aromatic rings. The first-order chi connectivity index (χ1) is 12.5. The summed E-state index contributed by atoms with van der Waals surface area (Å²) in [6, 6.07) is 14.8. The van der Waals surface area contributed by atoms with Crippen molar-refractivity contribution in [3.05, 3.63) is 64.6 Å². The lowest BCUT2D eigenvalue weighted by molar-refractivity contribution is -0.120. The number of carbonyl (C=O) groups is 2. The molecule has 0 bridgehead atoms. The van der Waals surface area contributed by atoms with Crippen molar-refractivity contribution >= 4 is 40.5 Å². The smallest absolute Gasteiger partial charge is 0.264 e. The second kappa shape index (κ2) is 7.88. The maximum atomic E-state index is 12.1. The first kappa shape index (κ1) is 17.8. The van der Waals surface area contributed by atoms with Gasteiger partial charge in [0.15, 0.2) is 11.8 Å². The van der Waals surface area contributed by atoms with Gasteiger partial charge in [0.05, 0.1) is 10.6 Å². The Balaban J connectivity index is 1.71. The van der Waals surface area contributed by atoms with Crippen molar-refractivity contribution in [1.82, 2.24) is 5.32 Å². The predicted octanol–water partition coefficient (Wildman–Crippen LogP) is 2.75. The van der Waals surface area contributed by atoms with E-state index in [1.165, 1.54) is 11.8 Å². The highest BCUT2D eigenvalue weighted by Crippen LogP contribution is 2.28. The summed E-state index contributed by atoms with van der Waals surface area (Å²) >= 11 is 1.29. The van der Waals surface area contributed by atoms with Crippen molar-refractivity contribution in [1.29, 1.82) is 0 Å². The summed E-state index contributed by atoms with van der Waals surface area (Å²) in [7, 11) is 0. The van der Waals surface area contributed by atoms with Gasteiger partial charge in [-0.1, -0.05) is 24.3 Å². The van der Waals surface area contributed by atoms with Crippen LogP contribution in [0.3, 0.4) is 0 Å². The molecule has 6 nitrogen and oxygen atoms in total. The topological polar surface area (TPSA) is 93.8 Å². The molecule has 1 aliphatic rings. The van der Waals surface area contributed by atoms with Gasteiger partial charge < -0.3 is 15.8 Å². The Bertz CT molecular complexity index is 905. The normalized spacial score (nSPS) is 16.7. The quantitative estimate of drug-likeness (QED) is 0.795. The minimum absolute atomic E-state index is 0.169. The van der Waals surface area contributed by atoms with E-state index >= 15 is 0 Å². The van der Waals surface area contributed by atoms with Crippen LogP contribution in [0.5, 0.6) is 5.75 Å². The Labute approximate surface area is 155 Å². The zero-order chi connectivity index (χ0) is 18.5. The maximum Gasteiger partial charge on any atom is 0.264 e. The molecule has 1 fully saturated rings. The number of nitrogens with one attached hydrogen (secondary N) is 1. The number of ether oxygens (including phenoxy) is 1. The van der Waals surface area contributed by atoms with E-state index in [0.717, 1.165) is 16.8 Å². The van der Waals surface area contributed by atoms with E-state index in [9.17, 15) is 9.59 Å². The molecule has 26 heavy (non-hydrogen) atoms. The van der Waals surface area contributed by atoms with Crippen LogP contribution >= 0.6 is 11.8 Å². The van der Waals surface area contributed by atoms with Gasteiger partial charge in [0.2, 0.25) is 0 Å². The zero-order valence-electron chi connectivity index (χ0n) is 14.1. The molecule has 0 saturated carbocycles. The van der Waals surface area contributed by atoms with E-state index in [-0.39, 0.29) is 12.5 Å². The van der Waals surface area contributed by atoms with Crippen molar-refractivity contribution in [3.63, 3.8) is 0 Å². The number of hydrogen-bond acceptors (Lipinski definition) is 5. The van der Waals surface area contributed by atoms with E-state index < -0.39 is 5.91 Å². The van der Waals surface area contributed by atoms with Gasteiger partial charge in [0.25, 0.3) is 11.8 Å². The molecule has 3 N–H and O–H groups in total. The maximum absolute atomic E-state index is 12.1. The van der Waals surface area contributed by atoms with Gasteiger partial charge in [0, 0.05) is 0 Å². The molecule has 0 radical (unpaired) electrons. The highest BCUT2D eigenvalue weighted by molar-refractivity contribution is 8.18. The Morgan fingerprint density at radius 3 is 2.73 bits per heavy atom. The minimum Gasteiger partial charge on any atom is -0.484 e. The van der Waals surface area contributed by atoms with Crippen LogP contribution in [0.1, 0.15) is 11.1 Å². The zero-order valence-corrected chi connectivity index (χ0v) is 14.9. The summed E-state index contributed by atoms with van der Waals surface area (Å²) in [5, 5.41) is 3.32. The number of benzene rings is 2. The molecule has 1 aliphatic heterocycles. The van der Waals surface area contributed by atoms with Crippen LogP contribution in [0.4, 0.5) is 5.69 Å². The molecule has 132 valence electrons. The van der Waals surface area contributed by atoms with Crippen molar-refractivity contribution in [2.45, 2.75) is 6.92 Å². The Morgan fingerprint density at radius 2 is 2.04 bits per heavy atom. The number of nitrogens with zero attached hydrogens (tertiary/aromatic N) is 1. The monoisotopic (exact) mass is 367 g/mol. The lowest BCUT2D eigenvalue weighted by Crippen LogP contribution is -2.20. The fourth-order valence-electron chi connectivity index (χ4n) is 2.26. The molecule has 1 saturated heterocycles. The summed E-state index contributed by atoms with van der Waals surface area (Å²) < 4.78 is 5.21. The van der Waals surface area contributed by atoms with Crippen LogP contribution in [-0.4, -0.2) is 23.6 Å². The molecule has 2 amide bonds. The van der Waals surface area contributed by atoms with E-state index in [0.29, 0.717) is 15.8 Å². The molecule has 2 aromatic carbocycles. The lowest BCUT2D eigenvalue weighted by Gasteiger charge is -2.03. The van der Waals surface area contributed by atoms with Gasteiger partial charge in [-0.25, -0.2) is 4.99 Å². The van der Waals surface area contributed by atoms with Crippen LogP contribution in [0, 0.1) is 6.92 Å². The third-order valence-corrected chi connectivity index (χ3v) is 4.35. The number of amidine groups is 1. The molecule has 0 spiro atoms. The Kier molecular flexibility index (Phi) is 5.38. The molecular formula is C19H17N3O3S. The number of nitrogens with two attached hydrogens (primary N) is 1. The standard InChI is InChI=1S/C19H17N3O3S/c1-12-3-2-4-14(9-12)21-19-22-18(24)16(26-19)10-13-5-7-15(8-6-13)25-11-17(20)23/h2-10H,11H2,1H3,(H2,20,23)(H,21,22,24)/b16-10+. The third kappa shape index (κ3) is 4.73. The molecule has 3 rings (SSSR count). The summed E-state index contributed by atoms with van der Waals surface area (Å²) in [6.45, 7) is 1.82. The number of aliphatic imine (C=N–C) groups is 1. The predicted molar refractivity (Wildman–Crippen MR) is 103 cm³/mol. The highest BCUT2D eigenvalue weighted by atomic mass is 32.2. The number of amides is 2. The van der Waals surface area contributed by atoms with E-state index in [1.807, 2.05) is 31.2 Å². The van der Waals surface area contributed by atoms with Gasteiger partial charge in [0.1, 0.15) is 5.75 Å². The van der Waals surface area contributed by atoms with Gasteiger partial charge in [-0.3, -0.25) is 9.59 Å². The van der Waals surface area contributed by atoms with Crippen molar-refractivity contribution < 1.29 is 14.3 Å². The van der Waals surface area contributed by atoms with Gasteiger partial charge in [-0.2, -0.15) is 0 Å². The second-order valence-corrected chi connectivity index (χ2v) is 6.68. The largest absolute Gasteiger partial charge is 0.484 e. The molecule has 0 aromatic heterocycles. The number of hydrogen-bond donors (Lipinski definition) is 2. The average molecular weight is 367 g/mol. The summed E-state index contributed by atoms with van der Waals surface area (Å²) in [4.78, 5) is 27.9. The van der Waals surface area contributed by atoms with Gasteiger partial charge >= 0.3 is 0 Å². The number of carbonyl (C=O) groups excluding carboxylic acids is 2. The summed E-state index contributed by atoms with van der Waals surface area (Å²) in [5.74, 6) is -0.178. The first-order valence-electron chi connectivity index (χ1n) is 7.87. The SMILES string of the molecule is Cc1cccc(N=C2NC(=O)/C(=C\c3ccc(OCC(N)=O)cc3)S2)c1. The van der Waals surface area contributed by atoms with E-state index in [2.05, 4.69) is 10.3 Å². The molecule has 0 unspecified atom stereocenters. The molecule has 7 heteroatoms. The fourth-order valence-corrected chi connectivity index (χ4v) is 3.10. The van der Waals surface area contributed by atoms with Crippen LogP contribution in [-0.2, 0) is 9.59 Å². The van der Waals surface area contributed by atoms with Crippen LogP contribution in [0.25, 0.3) is 6.08 Å². The molecular weight excluding hydrogens is 350 g/mol. The number of primary amides is 1. The average Bonchev–Trinajstić information content (AvgIpc) is 2.93. The molecule has 0 atom stereocenters. The first-order valence-corrected chi connectivity index (χ1v) is 8.69. The van der Waals surface area contributed by atoms with Crippen molar-refractivity contribution in [2.24, 2.45) is 10.7 Å². The van der Waals surface area contributed by atoms with E-state index in [1.54, 1.807) is 30.3 Å². The summed E-state index contributed by atoms with van der Waals surface area (Å²) in [6.07, 6.45) is 1.77. The number of thioether (sulfide) groups is 1. The van der Waals surface area contributed by atoms with Crippen LogP contribution in [0.2, 0.25) is 0 Å². The highest BCUT2D eigenvalue weighted by Gasteiger charge is 2.23. The molecule has 0 aliphatic carbocycles. The lowest BCUT2D eigenvalue weighted by atomic mass is 10.2. The minimum atomic E-state index is -0.532. The summed E-state index contributed by atoms with van der Waals surface area (Å²) in [5.41, 5.74) is 7.78.